The molecule has 1 atom stereocenters. The third-order valence-corrected chi connectivity index (χ3v) is 6.69. The fourth-order valence-electron chi connectivity index (χ4n) is 3.22. The third kappa shape index (κ3) is 7.24. The van der Waals surface area contributed by atoms with Gasteiger partial charge in [-0.25, -0.2) is 0 Å². The van der Waals surface area contributed by atoms with Gasteiger partial charge in [-0.15, -0.1) is 16.8 Å². The molecule has 2 amide bonds. The molecule has 2 aromatic carbocycles. The third-order valence-electron chi connectivity index (χ3n) is 4.92. The molecule has 0 bridgehead atoms. The molecule has 0 aliphatic rings. The highest BCUT2D eigenvalue weighted by Crippen LogP contribution is 2.27. The van der Waals surface area contributed by atoms with Crippen LogP contribution >= 0.6 is 46.6 Å². The van der Waals surface area contributed by atoms with Crippen molar-refractivity contribution in [2.24, 2.45) is 5.92 Å². The van der Waals surface area contributed by atoms with E-state index in [0.717, 1.165) is 0 Å². The lowest BCUT2D eigenvalue weighted by Gasteiger charge is -2.23. The van der Waals surface area contributed by atoms with Crippen LogP contribution in [0.4, 0.5) is 5.69 Å². The van der Waals surface area contributed by atoms with E-state index in [4.69, 9.17) is 34.8 Å². The zero-order chi connectivity index (χ0) is 25.5. The second kappa shape index (κ2) is 12.4. The molecule has 11 heteroatoms. The van der Waals surface area contributed by atoms with Gasteiger partial charge in [-0.3, -0.25) is 9.59 Å². The summed E-state index contributed by atoms with van der Waals surface area (Å²) in [5, 5.41) is 16.3. The predicted octanol–water partition coefficient (Wildman–Crippen LogP) is 6.28. The van der Waals surface area contributed by atoms with Gasteiger partial charge >= 0.3 is 0 Å². The normalized spacial score (nSPS) is 11.8. The first-order valence-corrected chi connectivity index (χ1v) is 12.8. The molecule has 0 aliphatic carbocycles. The number of benzene rings is 2. The van der Waals surface area contributed by atoms with Crippen LogP contribution in [0, 0.1) is 5.92 Å². The number of aromatic nitrogens is 3. The van der Waals surface area contributed by atoms with Gasteiger partial charge in [0.1, 0.15) is 0 Å². The molecule has 0 spiro atoms. The van der Waals surface area contributed by atoms with Gasteiger partial charge in [0.2, 0.25) is 5.91 Å². The fraction of sp³-hybridized carbons (Fsp3) is 0.250. The van der Waals surface area contributed by atoms with Crippen LogP contribution in [0.1, 0.15) is 36.1 Å². The Morgan fingerprint density at radius 1 is 1.09 bits per heavy atom. The SMILES string of the molecule is C=CCn1c(SCC(=O)Nc2ccc(Cl)cc2)nnc1[C@H](NC(=O)c1ccc(Cl)cc1Cl)C(C)C. The Morgan fingerprint density at radius 2 is 1.77 bits per heavy atom. The number of allylic oxidation sites excluding steroid dienone is 1. The summed E-state index contributed by atoms with van der Waals surface area (Å²) in [5.74, 6) is 0.118. The Morgan fingerprint density at radius 3 is 2.40 bits per heavy atom. The standard InChI is InChI=1S/C24H24Cl3N5O2S/c1-4-11-32-22(21(14(2)3)29-23(34)18-10-7-16(26)12-19(18)27)30-31-24(32)35-13-20(33)28-17-8-5-15(25)6-9-17/h4-10,12,14,21H,1,11,13H2,2-3H3,(H,28,33)(H,29,34)/t21-/m1/s1. The van der Waals surface area contributed by atoms with E-state index in [0.29, 0.717) is 38.8 Å². The van der Waals surface area contributed by atoms with E-state index < -0.39 is 6.04 Å². The molecule has 1 heterocycles. The second-order valence-electron chi connectivity index (χ2n) is 7.90. The molecule has 3 rings (SSSR count). The second-order valence-corrected chi connectivity index (χ2v) is 10.1. The van der Waals surface area contributed by atoms with Crippen molar-refractivity contribution in [3.63, 3.8) is 0 Å². The number of carbonyl (C=O) groups is 2. The van der Waals surface area contributed by atoms with Crippen molar-refractivity contribution in [3.05, 3.63) is 81.6 Å². The van der Waals surface area contributed by atoms with Gasteiger partial charge in [-0.1, -0.05) is 66.5 Å². The highest BCUT2D eigenvalue weighted by molar-refractivity contribution is 7.99. The monoisotopic (exact) mass is 551 g/mol. The molecule has 35 heavy (non-hydrogen) atoms. The smallest absolute Gasteiger partial charge is 0.253 e. The van der Waals surface area contributed by atoms with Crippen molar-refractivity contribution in [2.45, 2.75) is 31.6 Å². The summed E-state index contributed by atoms with van der Waals surface area (Å²) in [4.78, 5) is 25.4. The van der Waals surface area contributed by atoms with Crippen molar-refractivity contribution >= 4 is 64.1 Å². The fourth-order valence-corrected chi connectivity index (χ4v) is 4.60. The minimum atomic E-state index is -0.459. The van der Waals surface area contributed by atoms with Crippen LogP contribution < -0.4 is 10.6 Å². The number of carbonyl (C=O) groups excluding carboxylic acids is 2. The number of amides is 2. The number of nitrogens with one attached hydrogen (secondary N) is 2. The Kier molecular flexibility index (Phi) is 9.63. The molecule has 2 N–H and O–H groups in total. The van der Waals surface area contributed by atoms with Crippen LogP contribution in [0.25, 0.3) is 0 Å². The highest BCUT2D eigenvalue weighted by atomic mass is 35.5. The average Bonchev–Trinajstić information content (AvgIpc) is 3.19. The first-order valence-electron chi connectivity index (χ1n) is 10.7. The van der Waals surface area contributed by atoms with Crippen molar-refractivity contribution in [3.8, 4) is 0 Å². The number of thioether (sulfide) groups is 1. The molecule has 184 valence electrons. The molecule has 0 fully saturated rings. The van der Waals surface area contributed by atoms with E-state index in [1.54, 1.807) is 42.5 Å². The van der Waals surface area contributed by atoms with Crippen molar-refractivity contribution in [1.29, 1.82) is 0 Å². The van der Waals surface area contributed by atoms with E-state index in [2.05, 4.69) is 27.4 Å². The number of halogens is 3. The first-order chi connectivity index (χ1) is 16.7. The summed E-state index contributed by atoms with van der Waals surface area (Å²) < 4.78 is 1.83. The quantitative estimate of drug-likeness (QED) is 0.228. The minimum absolute atomic E-state index is 0.0103. The molecular formula is C24H24Cl3N5O2S. The number of anilines is 1. The van der Waals surface area contributed by atoms with Crippen LogP contribution in [-0.4, -0.2) is 32.3 Å². The van der Waals surface area contributed by atoms with E-state index in [-0.39, 0.29) is 28.5 Å². The van der Waals surface area contributed by atoms with E-state index >= 15 is 0 Å². The van der Waals surface area contributed by atoms with Gasteiger partial charge in [0.05, 0.1) is 22.4 Å². The summed E-state index contributed by atoms with van der Waals surface area (Å²) >= 11 is 19.3. The van der Waals surface area contributed by atoms with Crippen molar-refractivity contribution < 1.29 is 9.59 Å². The van der Waals surface area contributed by atoms with Gasteiger partial charge in [-0.05, 0) is 48.4 Å². The Bertz CT molecular complexity index is 1210. The lowest BCUT2D eigenvalue weighted by Crippen LogP contribution is -2.34. The Labute approximate surface area is 223 Å². The van der Waals surface area contributed by atoms with Crippen LogP contribution in [0.15, 0.2) is 60.3 Å². The number of hydrogen-bond donors (Lipinski definition) is 2. The first kappa shape index (κ1) is 27.1. The molecular weight excluding hydrogens is 529 g/mol. The summed E-state index contributed by atoms with van der Waals surface area (Å²) in [6.45, 7) is 8.15. The van der Waals surface area contributed by atoms with Gasteiger partial charge < -0.3 is 15.2 Å². The summed E-state index contributed by atoms with van der Waals surface area (Å²) in [7, 11) is 0. The van der Waals surface area contributed by atoms with Crippen LogP contribution in [-0.2, 0) is 11.3 Å². The largest absolute Gasteiger partial charge is 0.342 e. The average molecular weight is 553 g/mol. The van der Waals surface area contributed by atoms with E-state index in [1.165, 1.54) is 17.8 Å². The van der Waals surface area contributed by atoms with Crippen molar-refractivity contribution in [2.75, 3.05) is 11.1 Å². The maximum atomic E-state index is 13.0. The maximum absolute atomic E-state index is 13.0. The lowest BCUT2D eigenvalue weighted by atomic mass is 10.0. The molecule has 0 aliphatic heterocycles. The highest BCUT2D eigenvalue weighted by Gasteiger charge is 2.27. The maximum Gasteiger partial charge on any atom is 0.253 e. The Balaban J connectivity index is 1.76. The van der Waals surface area contributed by atoms with Crippen LogP contribution in [0.2, 0.25) is 15.1 Å². The molecule has 0 radical (unpaired) electrons. The minimum Gasteiger partial charge on any atom is -0.342 e. The lowest BCUT2D eigenvalue weighted by molar-refractivity contribution is -0.113. The molecule has 0 unspecified atom stereocenters. The van der Waals surface area contributed by atoms with E-state index in [9.17, 15) is 9.59 Å². The summed E-state index contributed by atoms with van der Waals surface area (Å²) in [6.07, 6.45) is 1.71. The van der Waals surface area contributed by atoms with Gasteiger partial charge in [0.25, 0.3) is 5.91 Å². The summed E-state index contributed by atoms with van der Waals surface area (Å²) in [5.41, 5.74) is 0.960. The predicted molar refractivity (Wildman–Crippen MR) is 143 cm³/mol. The van der Waals surface area contributed by atoms with Crippen LogP contribution in [0.5, 0.6) is 0 Å². The molecule has 1 aromatic heterocycles. The zero-order valence-electron chi connectivity index (χ0n) is 19.1. The molecule has 0 saturated heterocycles. The number of nitrogens with zero attached hydrogens (tertiary/aromatic N) is 3. The topological polar surface area (TPSA) is 88.9 Å². The molecule has 3 aromatic rings. The molecule has 0 saturated carbocycles. The van der Waals surface area contributed by atoms with Gasteiger partial charge in [0, 0.05) is 22.3 Å². The van der Waals surface area contributed by atoms with Crippen LogP contribution in [0.3, 0.4) is 0 Å². The number of hydrogen-bond acceptors (Lipinski definition) is 5. The van der Waals surface area contributed by atoms with Gasteiger partial charge in [0.15, 0.2) is 11.0 Å². The number of rotatable bonds is 10. The summed E-state index contributed by atoms with van der Waals surface area (Å²) in [6, 6.07) is 11.1. The zero-order valence-corrected chi connectivity index (χ0v) is 22.2. The Hall–Kier alpha value is -2.52. The van der Waals surface area contributed by atoms with Gasteiger partial charge in [-0.2, -0.15) is 0 Å². The molecule has 7 nitrogen and oxygen atoms in total. The van der Waals surface area contributed by atoms with Crippen molar-refractivity contribution in [1.82, 2.24) is 20.1 Å². The van der Waals surface area contributed by atoms with E-state index in [1.807, 2.05) is 18.4 Å².